The maximum Gasteiger partial charge on any atom is 0.239 e. The molecule has 2 saturated heterocycles. The van der Waals surface area contributed by atoms with Gasteiger partial charge in [-0.1, -0.05) is 6.92 Å². The largest absolute Gasteiger partial charge is 0.381 e. The Morgan fingerprint density at radius 3 is 2.33 bits per heavy atom. The van der Waals surface area contributed by atoms with Gasteiger partial charge in [0.15, 0.2) is 0 Å². The molecule has 0 bridgehead atoms. The van der Waals surface area contributed by atoms with Crippen LogP contribution in [0.5, 0.6) is 0 Å². The third-order valence-electron chi connectivity index (χ3n) is 4.15. The molecular formula is C13H25ClN2O2. The van der Waals surface area contributed by atoms with Crippen LogP contribution in [-0.2, 0) is 9.53 Å². The number of rotatable bonds is 2. The van der Waals surface area contributed by atoms with Crippen LogP contribution in [0.15, 0.2) is 0 Å². The van der Waals surface area contributed by atoms with Gasteiger partial charge in [-0.3, -0.25) is 4.79 Å². The molecule has 1 atom stereocenters. The Bertz CT molecular complexity index is 262. The number of hydrogen-bond donors (Lipinski definition) is 1. The van der Waals surface area contributed by atoms with Gasteiger partial charge in [-0.2, -0.15) is 0 Å². The van der Waals surface area contributed by atoms with Crippen molar-refractivity contribution in [3.8, 4) is 0 Å². The molecule has 2 aliphatic rings. The number of carbonyl (C=O) groups is 1. The van der Waals surface area contributed by atoms with Crippen molar-refractivity contribution in [3.05, 3.63) is 0 Å². The summed E-state index contributed by atoms with van der Waals surface area (Å²) in [5.74, 6) is 1.22. The summed E-state index contributed by atoms with van der Waals surface area (Å²) in [6, 6.07) is -0.313. The van der Waals surface area contributed by atoms with Gasteiger partial charge in [0.2, 0.25) is 5.91 Å². The molecule has 2 fully saturated rings. The summed E-state index contributed by atoms with van der Waals surface area (Å²) in [5.41, 5.74) is 6.11. The maximum atomic E-state index is 12.3. The van der Waals surface area contributed by atoms with Crippen molar-refractivity contribution in [2.24, 2.45) is 17.6 Å². The van der Waals surface area contributed by atoms with E-state index in [1.165, 1.54) is 0 Å². The van der Waals surface area contributed by atoms with Crippen LogP contribution >= 0.6 is 12.4 Å². The number of nitrogens with two attached hydrogens (primary N) is 1. The van der Waals surface area contributed by atoms with E-state index < -0.39 is 0 Å². The topological polar surface area (TPSA) is 55.6 Å². The Morgan fingerprint density at radius 2 is 1.78 bits per heavy atom. The van der Waals surface area contributed by atoms with Gasteiger partial charge >= 0.3 is 0 Å². The third-order valence-corrected chi connectivity index (χ3v) is 4.15. The van der Waals surface area contributed by atoms with E-state index in [-0.39, 0.29) is 24.4 Å². The van der Waals surface area contributed by atoms with Crippen LogP contribution in [0.3, 0.4) is 0 Å². The maximum absolute atomic E-state index is 12.3. The molecule has 0 spiro atoms. The molecule has 18 heavy (non-hydrogen) atoms. The van der Waals surface area contributed by atoms with E-state index in [1.807, 2.05) is 4.90 Å². The first-order valence-corrected chi connectivity index (χ1v) is 6.80. The molecule has 2 rings (SSSR count). The predicted molar refractivity (Wildman–Crippen MR) is 73.7 cm³/mol. The molecule has 5 heteroatoms. The predicted octanol–water partition coefficient (Wildman–Crippen LogP) is 1.42. The summed E-state index contributed by atoms with van der Waals surface area (Å²) in [6.45, 7) is 5.53. The van der Waals surface area contributed by atoms with Crippen LogP contribution in [0.4, 0.5) is 0 Å². The van der Waals surface area contributed by atoms with Crippen LogP contribution in [0.1, 0.15) is 32.6 Å². The van der Waals surface area contributed by atoms with E-state index >= 15 is 0 Å². The Balaban J connectivity index is 0.00000162. The Morgan fingerprint density at radius 1 is 1.22 bits per heavy atom. The summed E-state index contributed by atoms with van der Waals surface area (Å²) in [4.78, 5) is 14.2. The second-order valence-corrected chi connectivity index (χ2v) is 5.48. The zero-order chi connectivity index (χ0) is 12.3. The highest BCUT2D eigenvalue weighted by atomic mass is 35.5. The van der Waals surface area contributed by atoms with Gasteiger partial charge in [0.05, 0.1) is 6.04 Å². The van der Waals surface area contributed by atoms with Crippen molar-refractivity contribution in [2.75, 3.05) is 26.3 Å². The molecule has 1 amide bonds. The lowest BCUT2D eigenvalue weighted by atomic mass is 9.90. The molecule has 0 aromatic carbocycles. The Hall–Kier alpha value is -0.320. The van der Waals surface area contributed by atoms with Crippen molar-refractivity contribution >= 4 is 18.3 Å². The third kappa shape index (κ3) is 3.84. The average molecular weight is 277 g/mol. The van der Waals surface area contributed by atoms with Gasteiger partial charge in [-0.15, -0.1) is 12.4 Å². The SMILES string of the molecule is CC1CCN(C(=O)C(N)C2CCOCC2)CC1.Cl. The fraction of sp³-hybridized carbons (Fsp3) is 0.923. The first-order chi connectivity index (χ1) is 8.18. The number of halogens is 1. The van der Waals surface area contributed by atoms with Crippen LogP contribution in [0, 0.1) is 11.8 Å². The second-order valence-electron chi connectivity index (χ2n) is 5.48. The van der Waals surface area contributed by atoms with Gasteiger partial charge in [0.25, 0.3) is 0 Å². The Kier molecular flexibility index (Phi) is 6.39. The normalized spacial score (nSPS) is 24.4. The number of hydrogen-bond acceptors (Lipinski definition) is 3. The summed E-state index contributed by atoms with van der Waals surface area (Å²) in [6.07, 6.45) is 4.09. The molecule has 1 unspecified atom stereocenters. The summed E-state index contributed by atoms with van der Waals surface area (Å²) >= 11 is 0. The number of carbonyl (C=O) groups excluding carboxylic acids is 1. The van der Waals surface area contributed by atoms with Crippen molar-refractivity contribution in [2.45, 2.75) is 38.6 Å². The molecule has 0 aromatic heterocycles. The molecule has 2 N–H and O–H groups in total. The van der Waals surface area contributed by atoms with E-state index in [0.717, 1.165) is 57.9 Å². The minimum Gasteiger partial charge on any atom is -0.381 e. The number of likely N-dealkylation sites (tertiary alicyclic amines) is 1. The number of ether oxygens (including phenoxy) is 1. The molecule has 0 aromatic rings. The molecule has 2 heterocycles. The van der Waals surface area contributed by atoms with Crippen LogP contribution in [-0.4, -0.2) is 43.2 Å². The lowest BCUT2D eigenvalue weighted by Gasteiger charge is -2.35. The van der Waals surface area contributed by atoms with Crippen molar-refractivity contribution in [1.82, 2.24) is 4.90 Å². The minimum absolute atomic E-state index is 0. The van der Waals surface area contributed by atoms with Crippen LogP contribution in [0.25, 0.3) is 0 Å². The lowest BCUT2D eigenvalue weighted by Crippen LogP contribution is -2.51. The molecule has 2 aliphatic heterocycles. The zero-order valence-corrected chi connectivity index (χ0v) is 12.0. The zero-order valence-electron chi connectivity index (χ0n) is 11.1. The van der Waals surface area contributed by atoms with Crippen LogP contribution < -0.4 is 5.73 Å². The average Bonchev–Trinajstić information content (AvgIpc) is 2.39. The summed E-state index contributed by atoms with van der Waals surface area (Å²) in [7, 11) is 0. The monoisotopic (exact) mass is 276 g/mol. The number of piperidine rings is 1. The highest BCUT2D eigenvalue weighted by molar-refractivity contribution is 5.85. The molecule has 0 radical (unpaired) electrons. The van der Waals surface area contributed by atoms with E-state index in [2.05, 4.69) is 6.92 Å². The highest BCUT2D eigenvalue weighted by Gasteiger charge is 2.31. The second kappa shape index (κ2) is 7.31. The molecule has 4 nitrogen and oxygen atoms in total. The minimum atomic E-state index is -0.313. The summed E-state index contributed by atoms with van der Waals surface area (Å²) in [5, 5.41) is 0. The van der Waals surface area contributed by atoms with Gasteiger partial charge in [0, 0.05) is 26.3 Å². The standard InChI is InChI=1S/C13H24N2O2.ClH/c1-10-2-6-15(7-3-10)13(16)12(14)11-4-8-17-9-5-11;/h10-12H,2-9,14H2,1H3;1H. The quantitative estimate of drug-likeness (QED) is 0.830. The highest BCUT2D eigenvalue weighted by Crippen LogP contribution is 2.21. The van der Waals surface area contributed by atoms with Gasteiger partial charge < -0.3 is 15.4 Å². The molecule has 0 saturated carbocycles. The lowest BCUT2D eigenvalue weighted by molar-refractivity contribution is -0.136. The van der Waals surface area contributed by atoms with Gasteiger partial charge in [0.1, 0.15) is 0 Å². The van der Waals surface area contributed by atoms with E-state index in [1.54, 1.807) is 0 Å². The van der Waals surface area contributed by atoms with Crippen molar-refractivity contribution in [1.29, 1.82) is 0 Å². The first kappa shape index (κ1) is 15.7. The first-order valence-electron chi connectivity index (χ1n) is 6.80. The van der Waals surface area contributed by atoms with E-state index in [0.29, 0.717) is 5.92 Å². The number of amides is 1. The molecule has 0 aliphatic carbocycles. The van der Waals surface area contributed by atoms with Gasteiger partial charge in [-0.05, 0) is 37.5 Å². The van der Waals surface area contributed by atoms with Crippen molar-refractivity contribution in [3.63, 3.8) is 0 Å². The molecule has 106 valence electrons. The molecular weight excluding hydrogens is 252 g/mol. The van der Waals surface area contributed by atoms with E-state index in [4.69, 9.17) is 10.5 Å². The summed E-state index contributed by atoms with van der Waals surface area (Å²) < 4.78 is 5.31. The van der Waals surface area contributed by atoms with E-state index in [9.17, 15) is 4.79 Å². The fourth-order valence-electron chi connectivity index (χ4n) is 2.72. The van der Waals surface area contributed by atoms with Crippen LogP contribution in [0.2, 0.25) is 0 Å². The smallest absolute Gasteiger partial charge is 0.239 e. The number of nitrogens with zero attached hydrogens (tertiary/aromatic N) is 1. The van der Waals surface area contributed by atoms with Gasteiger partial charge in [-0.25, -0.2) is 0 Å². The fourth-order valence-corrected chi connectivity index (χ4v) is 2.72. The Labute approximate surface area is 116 Å². The van der Waals surface area contributed by atoms with Crippen molar-refractivity contribution < 1.29 is 9.53 Å².